The van der Waals surface area contributed by atoms with E-state index in [1.165, 1.54) is 5.56 Å². The summed E-state index contributed by atoms with van der Waals surface area (Å²) in [6.45, 7) is 7.26. The van der Waals surface area contributed by atoms with E-state index in [4.69, 9.17) is 14.7 Å². The highest BCUT2D eigenvalue weighted by Crippen LogP contribution is 2.28. The molecule has 1 aromatic carbocycles. The van der Waals surface area contributed by atoms with Gasteiger partial charge in [0, 0.05) is 24.8 Å². The van der Waals surface area contributed by atoms with Crippen LogP contribution in [-0.4, -0.2) is 41.3 Å². The molecular formula is C19H23N5O. The number of morpholine rings is 1. The molecule has 3 heterocycles. The number of aromatic nitrogens is 3. The lowest BCUT2D eigenvalue weighted by atomic mass is 10.1. The van der Waals surface area contributed by atoms with Gasteiger partial charge in [0.2, 0.25) is 5.95 Å². The summed E-state index contributed by atoms with van der Waals surface area (Å²) in [4.78, 5) is 15.1. The van der Waals surface area contributed by atoms with E-state index in [0.717, 1.165) is 41.6 Å². The van der Waals surface area contributed by atoms with Crippen molar-refractivity contribution in [3.8, 4) is 0 Å². The van der Waals surface area contributed by atoms with Crippen LogP contribution in [0.3, 0.4) is 0 Å². The van der Waals surface area contributed by atoms with Crippen molar-refractivity contribution in [3.05, 3.63) is 47.7 Å². The molecule has 0 radical (unpaired) electrons. The highest BCUT2D eigenvalue weighted by Gasteiger charge is 2.18. The second-order valence-corrected chi connectivity index (χ2v) is 6.46. The second kappa shape index (κ2) is 6.72. The van der Waals surface area contributed by atoms with Gasteiger partial charge in [-0.3, -0.25) is 0 Å². The molecule has 2 aromatic heterocycles. The number of rotatable bonds is 4. The number of hydrogen-bond acceptors (Lipinski definition) is 5. The van der Waals surface area contributed by atoms with Crippen LogP contribution in [0, 0.1) is 6.92 Å². The molecule has 1 fully saturated rings. The van der Waals surface area contributed by atoms with Gasteiger partial charge in [0.25, 0.3) is 0 Å². The van der Waals surface area contributed by atoms with Crippen LogP contribution in [0.25, 0.3) is 11.0 Å². The molecule has 4 rings (SSSR count). The van der Waals surface area contributed by atoms with Crippen molar-refractivity contribution in [1.82, 2.24) is 15.0 Å². The molecular weight excluding hydrogens is 314 g/mol. The monoisotopic (exact) mass is 337 g/mol. The van der Waals surface area contributed by atoms with Gasteiger partial charge in [-0.25, -0.2) is 0 Å². The summed E-state index contributed by atoms with van der Waals surface area (Å²) < 4.78 is 5.44. The summed E-state index contributed by atoms with van der Waals surface area (Å²) >= 11 is 0. The van der Waals surface area contributed by atoms with E-state index in [9.17, 15) is 0 Å². The lowest BCUT2D eigenvalue weighted by Crippen LogP contribution is -2.37. The first-order valence-electron chi connectivity index (χ1n) is 8.72. The third-order valence-corrected chi connectivity index (χ3v) is 4.56. The first-order valence-corrected chi connectivity index (χ1v) is 8.72. The van der Waals surface area contributed by atoms with Gasteiger partial charge in [-0.2, -0.15) is 9.97 Å². The number of nitrogens with one attached hydrogen (secondary N) is 2. The Hall–Kier alpha value is -2.60. The lowest BCUT2D eigenvalue weighted by Gasteiger charge is -2.27. The van der Waals surface area contributed by atoms with E-state index in [0.29, 0.717) is 13.2 Å². The number of ether oxygens (including phenoxy) is 1. The number of H-pyrrole nitrogens is 1. The molecule has 0 amide bonds. The number of nitrogens with zero attached hydrogens (tertiary/aromatic N) is 3. The van der Waals surface area contributed by atoms with Crippen LogP contribution in [0.5, 0.6) is 0 Å². The van der Waals surface area contributed by atoms with Crippen molar-refractivity contribution >= 4 is 22.8 Å². The highest BCUT2D eigenvalue weighted by molar-refractivity contribution is 5.89. The zero-order valence-electron chi connectivity index (χ0n) is 14.6. The Morgan fingerprint density at radius 1 is 1.16 bits per heavy atom. The van der Waals surface area contributed by atoms with E-state index in [2.05, 4.69) is 52.5 Å². The number of anilines is 2. The first kappa shape index (κ1) is 15.9. The van der Waals surface area contributed by atoms with E-state index in [1.54, 1.807) is 0 Å². The quantitative estimate of drug-likeness (QED) is 0.765. The summed E-state index contributed by atoms with van der Waals surface area (Å²) in [6.07, 6.45) is 0. The molecule has 130 valence electrons. The normalized spacial score (nSPS) is 16.2. The second-order valence-electron chi connectivity index (χ2n) is 6.46. The zero-order chi connectivity index (χ0) is 17.2. The van der Waals surface area contributed by atoms with Crippen LogP contribution in [0.1, 0.15) is 24.2 Å². The van der Waals surface area contributed by atoms with Crippen LogP contribution in [0.15, 0.2) is 36.4 Å². The predicted octanol–water partition coefficient (Wildman–Crippen LogP) is 3.28. The van der Waals surface area contributed by atoms with Crippen LogP contribution < -0.4 is 10.2 Å². The Morgan fingerprint density at radius 3 is 2.68 bits per heavy atom. The molecule has 0 aliphatic carbocycles. The molecule has 1 atom stereocenters. The third kappa shape index (κ3) is 3.30. The number of aromatic amines is 1. The molecule has 6 heteroatoms. The number of aryl methyl sites for hydroxylation is 1. The van der Waals surface area contributed by atoms with Gasteiger partial charge in [0.15, 0.2) is 0 Å². The Labute approximate surface area is 147 Å². The minimum atomic E-state index is 0.159. The van der Waals surface area contributed by atoms with Gasteiger partial charge < -0.3 is 19.9 Å². The SMILES string of the molecule is Cc1cc2c(NC(C)c3ccccc3)nc(N3CCOCC3)nc2[nH]1. The maximum atomic E-state index is 5.44. The number of fused-ring (bicyclic) bond motifs is 1. The average Bonchev–Trinajstić information content (AvgIpc) is 3.03. The van der Waals surface area contributed by atoms with Crippen molar-refractivity contribution < 1.29 is 4.74 Å². The summed E-state index contributed by atoms with van der Waals surface area (Å²) in [7, 11) is 0. The maximum Gasteiger partial charge on any atom is 0.229 e. The Kier molecular flexibility index (Phi) is 4.28. The fraction of sp³-hybridized carbons (Fsp3) is 0.368. The number of benzene rings is 1. The van der Waals surface area contributed by atoms with Crippen LogP contribution in [-0.2, 0) is 4.74 Å². The van der Waals surface area contributed by atoms with E-state index in [-0.39, 0.29) is 6.04 Å². The predicted molar refractivity (Wildman–Crippen MR) is 100 cm³/mol. The van der Waals surface area contributed by atoms with Gasteiger partial charge in [-0.15, -0.1) is 0 Å². The van der Waals surface area contributed by atoms with Gasteiger partial charge in [-0.1, -0.05) is 30.3 Å². The zero-order valence-corrected chi connectivity index (χ0v) is 14.6. The van der Waals surface area contributed by atoms with Crippen molar-refractivity contribution in [3.63, 3.8) is 0 Å². The van der Waals surface area contributed by atoms with E-state index in [1.807, 2.05) is 13.0 Å². The summed E-state index contributed by atoms with van der Waals surface area (Å²) in [5, 5.41) is 4.59. The van der Waals surface area contributed by atoms with Gasteiger partial charge in [0.1, 0.15) is 11.5 Å². The van der Waals surface area contributed by atoms with Crippen LogP contribution >= 0.6 is 0 Å². The summed E-state index contributed by atoms with van der Waals surface area (Å²) in [6, 6.07) is 12.7. The molecule has 25 heavy (non-hydrogen) atoms. The topological polar surface area (TPSA) is 66.1 Å². The van der Waals surface area contributed by atoms with Crippen molar-refractivity contribution in [2.75, 3.05) is 36.5 Å². The summed E-state index contributed by atoms with van der Waals surface area (Å²) in [5.41, 5.74) is 3.19. The molecule has 1 aliphatic rings. The summed E-state index contributed by atoms with van der Waals surface area (Å²) in [5.74, 6) is 1.62. The maximum absolute atomic E-state index is 5.44. The largest absolute Gasteiger partial charge is 0.378 e. The van der Waals surface area contributed by atoms with Crippen LogP contribution in [0.4, 0.5) is 11.8 Å². The molecule has 1 aliphatic heterocycles. The molecule has 6 nitrogen and oxygen atoms in total. The molecule has 1 unspecified atom stereocenters. The van der Waals surface area contributed by atoms with Crippen molar-refractivity contribution in [2.45, 2.75) is 19.9 Å². The molecule has 2 N–H and O–H groups in total. The molecule has 0 bridgehead atoms. The minimum Gasteiger partial charge on any atom is -0.378 e. The van der Waals surface area contributed by atoms with E-state index < -0.39 is 0 Å². The highest BCUT2D eigenvalue weighted by atomic mass is 16.5. The third-order valence-electron chi connectivity index (χ3n) is 4.56. The molecule has 0 saturated carbocycles. The first-order chi connectivity index (χ1) is 12.2. The fourth-order valence-corrected chi connectivity index (χ4v) is 3.17. The molecule has 0 spiro atoms. The lowest BCUT2D eigenvalue weighted by molar-refractivity contribution is 0.122. The number of hydrogen-bond donors (Lipinski definition) is 2. The average molecular weight is 337 g/mol. The Morgan fingerprint density at radius 2 is 1.92 bits per heavy atom. The van der Waals surface area contributed by atoms with E-state index >= 15 is 0 Å². The Balaban J connectivity index is 1.70. The molecule has 3 aromatic rings. The minimum absolute atomic E-state index is 0.159. The van der Waals surface area contributed by atoms with Crippen molar-refractivity contribution in [1.29, 1.82) is 0 Å². The van der Waals surface area contributed by atoms with Gasteiger partial charge in [0.05, 0.1) is 18.6 Å². The van der Waals surface area contributed by atoms with Gasteiger partial charge >= 0.3 is 0 Å². The molecule has 1 saturated heterocycles. The smallest absolute Gasteiger partial charge is 0.229 e. The Bertz CT molecular complexity index is 855. The van der Waals surface area contributed by atoms with Crippen molar-refractivity contribution in [2.24, 2.45) is 0 Å². The van der Waals surface area contributed by atoms with Gasteiger partial charge in [-0.05, 0) is 25.5 Å². The standard InChI is InChI=1S/C19H23N5O/c1-13-12-16-17(20-13)22-19(24-8-10-25-11-9-24)23-18(16)21-14(2)15-6-4-3-5-7-15/h3-7,12,14H,8-11H2,1-2H3,(H2,20,21,22,23). The fourth-order valence-electron chi connectivity index (χ4n) is 3.17. The van der Waals surface area contributed by atoms with Crippen LogP contribution in [0.2, 0.25) is 0 Å².